The van der Waals surface area contributed by atoms with Gasteiger partial charge in [-0.3, -0.25) is 0 Å². The SMILES string of the molecule is c1ccc(-c2nc(-c3ccccc3)nc(-c3ccc4c(c3)-c3cc(-n5c6ccccc6c6cc(-n7c8ccccc8c8c9oc%10ccccc%10c9ccc87)ccc65)ccc3C4)n2)cc1.c1ccc(-c2nc(-c3ccccc3)nc(-c3cccc4c3sc3c(-n5c6ccccc6c6cc(-n7c8ccccc8c8c9oc%10ccccc%10c9ccc87)ccc65)cccc34)n2)cc1. The van der Waals surface area contributed by atoms with Crippen LogP contribution in [0.1, 0.15) is 11.1 Å². The molecule has 0 unspecified atom stereocenters. The first kappa shape index (κ1) is 71.6. The van der Waals surface area contributed by atoms with Gasteiger partial charge < -0.3 is 27.1 Å². The minimum atomic E-state index is 0.650. The molecule has 0 N–H and O–H groups in total. The highest BCUT2D eigenvalue weighted by Gasteiger charge is 2.28. The second-order valence-electron chi connectivity index (χ2n) is 33.1. The van der Waals surface area contributed by atoms with E-state index in [9.17, 15) is 0 Å². The number of para-hydroxylation sites is 6. The van der Waals surface area contributed by atoms with Crippen molar-refractivity contribution >= 4 is 163 Å². The Morgan fingerprint density at radius 1 is 0.211 bits per heavy atom. The second-order valence-corrected chi connectivity index (χ2v) is 34.1. The Labute approximate surface area is 734 Å². The first-order chi connectivity index (χ1) is 63.5. The van der Waals surface area contributed by atoms with Crippen LogP contribution in [0.3, 0.4) is 0 Å². The molecule has 1 aliphatic carbocycles. The van der Waals surface area contributed by atoms with Gasteiger partial charge in [0.2, 0.25) is 0 Å². The molecule has 9 heterocycles. The smallest absolute Gasteiger partial charge is 0.165 e. The van der Waals surface area contributed by atoms with E-state index in [0.29, 0.717) is 34.9 Å². The van der Waals surface area contributed by atoms with E-state index >= 15 is 0 Å². The Bertz CT molecular complexity index is 9210. The van der Waals surface area contributed by atoms with Crippen molar-refractivity contribution in [2.75, 3.05) is 0 Å². The lowest BCUT2D eigenvalue weighted by atomic mass is 10.0. The predicted molar refractivity (Wildman–Crippen MR) is 525 cm³/mol. The molecule has 0 bridgehead atoms. The molecule has 18 aromatic carbocycles. The second kappa shape index (κ2) is 28.3. The van der Waals surface area contributed by atoms with Crippen molar-refractivity contribution in [3.05, 3.63) is 412 Å². The van der Waals surface area contributed by atoms with Gasteiger partial charge in [-0.25, -0.2) is 29.9 Å². The van der Waals surface area contributed by atoms with Crippen LogP contribution in [-0.2, 0) is 6.42 Å². The van der Waals surface area contributed by atoms with Gasteiger partial charge in [-0.2, -0.15) is 0 Å². The zero-order valence-electron chi connectivity index (χ0n) is 68.5. The monoisotopic (exact) mass is 1650 g/mol. The number of aromatic nitrogens is 10. The molecule has 0 radical (unpaired) electrons. The van der Waals surface area contributed by atoms with Crippen molar-refractivity contribution in [1.82, 2.24) is 48.2 Å². The van der Waals surface area contributed by atoms with Gasteiger partial charge in [0.25, 0.3) is 0 Å². The van der Waals surface area contributed by atoms with E-state index in [4.69, 9.17) is 38.7 Å². The van der Waals surface area contributed by atoms with Crippen molar-refractivity contribution < 1.29 is 8.83 Å². The fourth-order valence-corrected chi connectivity index (χ4v) is 21.5. The van der Waals surface area contributed by atoms with Gasteiger partial charge in [-0.05, 0) is 156 Å². The molecule has 1 aliphatic rings. The van der Waals surface area contributed by atoms with Crippen molar-refractivity contribution in [1.29, 1.82) is 0 Å². The fourth-order valence-electron chi connectivity index (χ4n) is 20.2. The van der Waals surface area contributed by atoms with E-state index < -0.39 is 0 Å². The number of rotatable bonds is 10. The van der Waals surface area contributed by atoms with Crippen LogP contribution in [0, 0.1) is 0 Å². The lowest BCUT2D eigenvalue weighted by Gasteiger charge is -2.12. The molecule has 13 heteroatoms. The molecule has 0 fully saturated rings. The standard InChI is InChI=1S/C58H35N5O.C57H33N5OS/c1-3-13-35(14-4-1)56-59-57(36-15-5-2-6-16-36)61-58(60-56)39-24-23-37-31-38-25-26-40(33-47(38)46(37)32-39)62-49-20-10-7-17-42(49)48-34-41(27-29-51(48)62)63-50-21-11-8-19-45(50)54-52(63)30-28-44-43-18-9-12-22-53(43)64-55(44)54;1-3-15-34(16-4-1)55-58-56(35-17-5-2-6-18-35)60-57(59-55)43-24-13-22-40-41-23-14-27-49(54(41)64-53(40)43)62-45-25-10-7-19-37(45)44-33-36(29-31-47(44)62)61-46-26-11-8-21-42(46)51-48(61)32-30-39-38-20-9-12-28-50(38)63-52(39)51/h1-30,32-34H,31H2;1-33H. The van der Waals surface area contributed by atoms with Gasteiger partial charge in [-0.1, -0.05) is 273 Å². The summed E-state index contributed by atoms with van der Waals surface area (Å²) in [6.07, 6.45) is 0.878. The third kappa shape index (κ3) is 11.1. The molecular weight excluding hydrogens is 1590 g/mol. The lowest BCUT2D eigenvalue weighted by Crippen LogP contribution is -2.00. The maximum Gasteiger partial charge on any atom is 0.165 e. The van der Waals surface area contributed by atoms with Crippen LogP contribution in [-0.4, -0.2) is 48.2 Å². The highest BCUT2D eigenvalue weighted by Crippen LogP contribution is 2.49. The third-order valence-electron chi connectivity index (χ3n) is 26.0. The number of furan rings is 2. The minimum absolute atomic E-state index is 0.650. The summed E-state index contributed by atoms with van der Waals surface area (Å²) in [5, 5.41) is 16.3. The van der Waals surface area contributed by atoms with Crippen LogP contribution >= 0.6 is 11.3 Å². The number of hydrogen-bond acceptors (Lipinski definition) is 9. The van der Waals surface area contributed by atoms with Gasteiger partial charge in [0.1, 0.15) is 22.3 Å². The van der Waals surface area contributed by atoms with Crippen molar-refractivity contribution in [2.45, 2.75) is 6.42 Å². The number of hydrogen-bond donors (Lipinski definition) is 0. The average Bonchev–Trinajstić information content (AvgIpc) is 1.56. The molecular formula is C115H68N10O2S. The van der Waals surface area contributed by atoms with E-state index in [1.165, 1.54) is 75.6 Å². The first-order valence-corrected chi connectivity index (χ1v) is 44.0. The minimum Gasteiger partial charge on any atom is -0.455 e. The summed E-state index contributed by atoms with van der Waals surface area (Å²) in [6, 6.07) is 142. The van der Waals surface area contributed by atoms with Gasteiger partial charge in [0.05, 0.1) is 65.3 Å². The maximum absolute atomic E-state index is 6.61. The molecule has 0 saturated carbocycles. The number of nitrogens with zero attached hydrogens (tertiary/aromatic N) is 10. The summed E-state index contributed by atoms with van der Waals surface area (Å²) in [5.74, 6) is 3.92. The molecule has 0 atom stereocenters. The van der Waals surface area contributed by atoms with Crippen LogP contribution in [0.15, 0.2) is 409 Å². The quantitative estimate of drug-likeness (QED) is 0.133. The zero-order chi connectivity index (χ0) is 83.8. The molecule has 0 saturated heterocycles. The molecule has 128 heavy (non-hydrogen) atoms. The summed E-state index contributed by atoms with van der Waals surface area (Å²) in [5.41, 5.74) is 28.1. The number of fused-ring (bicyclic) bond motifs is 26. The van der Waals surface area contributed by atoms with Gasteiger partial charge >= 0.3 is 0 Å². The Morgan fingerprint density at radius 2 is 0.562 bits per heavy atom. The van der Waals surface area contributed by atoms with Crippen LogP contribution in [0.25, 0.3) is 253 Å². The number of thiophene rings is 1. The van der Waals surface area contributed by atoms with Crippen LogP contribution < -0.4 is 0 Å². The van der Waals surface area contributed by atoms with E-state index in [1.807, 2.05) is 109 Å². The largest absolute Gasteiger partial charge is 0.455 e. The first-order valence-electron chi connectivity index (χ1n) is 43.2. The predicted octanol–water partition coefficient (Wildman–Crippen LogP) is 29.9. The molecule has 27 aromatic rings. The lowest BCUT2D eigenvalue weighted by molar-refractivity contribution is 0.672. The Hall–Kier alpha value is -17.0. The van der Waals surface area contributed by atoms with Crippen molar-refractivity contribution in [2.24, 2.45) is 0 Å². The molecule has 0 spiro atoms. The molecule has 12 nitrogen and oxygen atoms in total. The van der Waals surface area contributed by atoms with Crippen molar-refractivity contribution in [3.8, 4) is 102 Å². The van der Waals surface area contributed by atoms with Gasteiger partial charge in [0.15, 0.2) is 34.9 Å². The van der Waals surface area contributed by atoms with Crippen LogP contribution in [0.5, 0.6) is 0 Å². The van der Waals surface area contributed by atoms with E-state index in [1.54, 1.807) is 11.3 Å². The molecule has 0 amide bonds. The molecule has 0 aliphatic heterocycles. The summed E-state index contributed by atoms with van der Waals surface area (Å²) >= 11 is 1.80. The summed E-state index contributed by atoms with van der Waals surface area (Å²) in [7, 11) is 0. The summed E-state index contributed by atoms with van der Waals surface area (Å²) in [6.45, 7) is 0. The maximum atomic E-state index is 6.61. The Balaban J connectivity index is 0.000000132. The summed E-state index contributed by atoms with van der Waals surface area (Å²) in [4.78, 5) is 30.3. The van der Waals surface area contributed by atoms with Gasteiger partial charge in [-0.15, -0.1) is 11.3 Å². The van der Waals surface area contributed by atoms with Gasteiger partial charge in [0, 0.05) is 120 Å². The molecule has 9 aromatic heterocycles. The van der Waals surface area contributed by atoms with Crippen LogP contribution in [0.4, 0.5) is 0 Å². The third-order valence-corrected chi connectivity index (χ3v) is 27.2. The van der Waals surface area contributed by atoms with E-state index in [0.717, 1.165) is 161 Å². The highest BCUT2D eigenvalue weighted by molar-refractivity contribution is 7.26. The van der Waals surface area contributed by atoms with E-state index in [2.05, 4.69) is 309 Å². The molecule has 596 valence electrons. The Morgan fingerprint density at radius 3 is 1.07 bits per heavy atom. The van der Waals surface area contributed by atoms with Crippen LogP contribution in [0.2, 0.25) is 0 Å². The average molecular weight is 1650 g/mol. The topological polar surface area (TPSA) is 123 Å². The normalized spacial score (nSPS) is 12.2. The number of benzene rings is 18. The zero-order valence-corrected chi connectivity index (χ0v) is 69.3. The van der Waals surface area contributed by atoms with E-state index in [-0.39, 0.29) is 0 Å². The summed E-state index contributed by atoms with van der Waals surface area (Å²) < 4.78 is 25.2. The fraction of sp³-hybridized carbons (Fsp3) is 0.00870. The Kier molecular flexibility index (Phi) is 15.8. The van der Waals surface area contributed by atoms with Crippen molar-refractivity contribution in [3.63, 3.8) is 0 Å². The molecule has 28 rings (SSSR count). The highest BCUT2D eigenvalue weighted by atomic mass is 32.1.